The Morgan fingerprint density at radius 2 is 0.437 bits per heavy atom. The Kier molecular flexibility index (Phi) is 13.8. The Labute approximate surface area is 507 Å². The third kappa shape index (κ3) is 9.48. The fourth-order valence-corrected chi connectivity index (χ4v) is 22.5. The van der Waals surface area contributed by atoms with Crippen LogP contribution in [0.3, 0.4) is 0 Å². The first kappa shape index (κ1) is 52.7. The Bertz CT molecular complexity index is 4650. The monoisotopic (exact) mass is 1150 g/mol. The fraction of sp³-hybridized carbons (Fsp3) is 0. The molecule has 0 bridgehead atoms. The maximum Gasteiger partial charge on any atom is 0.238 e. The average Bonchev–Trinajstić information content (AvgIpc) is 1.75. The zero-order valence-electron chi connectivity index (χ0n) is 47.4. The highest BCUT2D eigenvalue weighted by Gasteiger charge is 2.43. The summed E-state index contributed by atoms with van der Waals surface area (Å²) in [5, 5.41) is 12.4. The summed E-state index contributed by atoms with van der Waals surface area (Å²) in [6, 6.07) is 119. The van der Waals surface area contributed by atoms with Gasteiger partial charge in [-0.25, -0.2) is 19.9 Å². The van der Waals surface area contributed by atoms with Crippen LogP contribution in [0, 0.1) is 0 Å². The van der Waals surface area contributed by atoms with E-state index in [1.54, 1.807) is 0 Å². The molecule has 0 aliphatic heterocycles. The van der Waals surface area contributed by atoms with Gasteiger partial charge in [0.05, 0.1) is 11.0 Å². The molecule has 0 aliphatic carbocycles. The first-order valence-corrected chi connectivity index (χ1v) is 33.3. The lowest BCUT2D eigenvalue weighted by atomic mass is 10.1. The molecule has 12 aromatic carbocycles. The van der Waals surface area contributed by atoms with Crippen molar-refractivity contribution in [3.63, 3.8) is 0 Å². The van der Waals surface area contributed by atoms with Crippen LogP contribution in [0.1, 0.15) is 0 Å². The number of rotatable bonds is 14. The van der Waals surface area contributed by atoms with Gasteiger partial charge in [0.2, 0.25) is 5.95 Å². The first-order valence-electron chi connectivity index (χ1n) is 29.3. The van der Waals surface area contributed by atoms with Crippen LogP contribution in [-0.4, -0.2) is 50.6 Å². The molecule has 0 amide bonds. The summed E-state index contributed by atoms with van der Waals surface area (Å²) in [7, 11) is -5.79. The summed E-state index contributed by atoms with van der Waals surface area (Å²) in [5.74, 6) is 3.34. The molecule has 3 heterocycles. The Morgan fingerprint density at radius 3 is 0.782 bits per heavy atom. The minimum Gasteiger partial charge on any atom is -0.278 e. The van der Waals surface area contributed by atoms with Gasteiger partial charge in [-0.15, -0.1) is 0 Å². The van der Waals surface area contributed by atoms with Crippen molar-refractivity contribution in [2.24, 2.45) is 0 Å². The van der Waals surface area contributed by atoms with Gasteiger partial charge in [-0.05, 0) is 53.6 Å². The van der Waals surface area contributed by atoms with Crippen LogP contribution in [-0.2, 0) is 0 Å². The average molecular weight is 1150 g/mol. The largest absolute Gasteiger partial charge is 0.278 e. The third-order valence-corrected chi connectivity index (χ3v) is 26.4. The van der Waals surface area contributed by atoms with Gasteiger partial charge >= 0.3 is 0 Å². The van der Waals surface area contributed by atoms with Gasteiger partial charge in [-0.1, -0.05) is 322 Å². The second-order valence-corrected chi connectivity index (χ2v) is 29.4. The van der Waals surface area contributed by atoms with Crippen molar-refractivity contribution in [1.82, 2.24) is 34.5 Å². The molecule has 7 nitrogen and oxygen atoms in total. The van der Waals surface area contributed by atoms with E-state index >= 15 is 0 Å². The number of para-hydroxylation sites is 2. The quantitative estimate of drug-likeness (QED) is 0.0797. The van der Waals surface area contributed by atoms with E-state index in [2.05, 4.69) is 320 Å². The molecule has 87 heavy (non-hydrogen) atoms. The fourth-order valence-electron chi connectivity index (χ4n) is 12.9. The molecule has 0 fully saturated rings. The molecular weight excluding hydrogens is 1090 g/mol. The van der Waals surface area contributed by atoms with E-state index < -0.39 is 16.1 Å². The Morgan fingerprint density at radius 1 is 0.195 bits per heavy atom. The molecule has 0 N–H and O–H groups in total. The summed E-state index contributed by atoms with van der Waals surface area (Å²) < 4.78 is 2.17. The molecule has 0 unspecified atom stereocenters. The number of hydrogen-bond donors (Lipinski definition) is 0. The molecule has 0 spiro atoms. The van der Waals surface area contributed by atoms with E-state index in [9.17, 15) is 0 Å². The van der Waals surface area contributed by atoms with Gasteiger partial charge in [0.15, 0.2) is 45.3 Å². The number of nitrogens with zero attached hydrogens (tertiary/aromatic N) is 7. The van der Waals surface area contributed by atoms with Crippen molar-refractivity contribution < 1.29 is 0 Å². The highest BCUT2D eigenvalue weighted by Crippen LogP contribution is 2.33. The predicted molar refractivity (Wildman–Crippen MR) is 362 cm³/mol. The number of hydrogen-bond acceptors (Lipinski definition) is 6. The van der Waals surface area contributed by atoms with E-state index in [1.807, 2.05) is 18.2 Å². The van der Waals surface area contributed by atoms with Gasteiger partial charge in [0, 0.05) is 38.6 Å². The van der Waals surface area contributed by atoms with Crippen LogP contribution in [0.25, 0.3) is 84.7 Å². The zero-order chi connectivity index (χ0) is 58.0. The van der Waals surface area contributed by atoms with Crippen molar-refractivity contribution in [2.75, 3.05) is 0 Å². The van der Waals surface area contributed by atoms with E-state index in [0.29, 0.717) is 35.1 Å². The minimum atomic E-state index is -2.92. The summed E-state index contributed by atoms with van der Waals surface area (Å²) in [4.78, 5) is 32.1. The minimum absolute atomic E-state index is 0.523. The molecule has 0 saturated carbocycles. The molecule has 15 rings (SSSR count). The Balaban J connectivity index is 0.886. The van der Waals surface area contributed by atoms with Crippen molar-refractivity contribution >= 4 is 79.4 Å². The molecular formula is C78H55N7Si2. The first-order chi connectivity index (χ1) is 43.1. The van der Waals surface area contributed by atoms with Gasteiger partial charge in [-0.2, -0.15) is 9.97 Å². The van der Waals surface area contributed by atoms with Crippen LogP contribution in [0.4, 0.5) is 0 Å². The molecule has 0 radical (unpaired) electrons. The molecule has 0 aliphatic rings. The van der Waals surface area contributed by atoms with E-state index in [-0.39, 0.29) is 0 Å². The lowest BCUT2D eigenvalue weighted by molar-refractivity contribution is 0.953. The lowest BCUT2D eigenvalue weighted by Crippen LogP contribution is -2.74. The topological polar surface area (TPSA) is 82.3 Å². The summed E-state index contributed by atoms with van der Waals surface area (Å²) >= 11 is 0. The summed E-state index contributed by atoms with van der Waals surface area (Å²) in [6.45, 7) is 0. The highest BCUT2D eigenvalue weighted by molar-refractivity contribution is 7.20. The maximum absolute atomic E-state index is 5.46. The molecule has 15 aromatic rings. The van der Waals surface area contributed by atoms with Crippen molar-refractivity contribution in [1.29, 1.82) is 0 Å². The maximum atomic E-state index is 5.46. The predicted octanol–water partition coefficient (Wildman–Crippen LogP) is 12.2. The second kappa shape index (κ2) is 22.8. The lowest BCUT2D eigenvalue weighted by Gasteiger charge is -2.34. The summed E-state index contributed by atoms with van der Waals surface area (Å²) in [5.41, 5.74) is 6.34. The third-order valence-electron chi connectivity index (χ3n) is 16.8. The van der Waals surface area contributed by atoms with Crippen molar-refractivity contribution in [2.45, 2.75) is 0 Å². The van der Waals surface area contributed by atoms with Gasteiger partial charge < -0.3 is 0 Å². The van der Waals surface area contributed by atoms with E-state index in [1.165, 1.54) is 41.5 Å². The normalized spacial score (nSPS) is 11.7. The molecule has 0 atom stereocenters. The van der Waals surface area contributed by atoms with E-state index in [4.69, 9.17) is 29.9 Å². The summed E-state index contributed by atoms with van der Waals surface area (Å²) in [6.07, 6.45) is 0. The second-order valence-electron chi connectivity index (χ2n) is 21.8. The van der Waals surface area contributed by atoms with Crippen LogP contribution >= 0.6 is 0 Å². The van der Waals surface area contributed by atoms with Crippen LogP contribution in [0.15, 0.2) is 334 Å². The van der Waals surface area contributed by atoms with Gasteiger partial charge in [0.1, 0.15) is 0 Å². The van der Waals surface area contributed by atoms with Crippen LogP contribution < -0.4 is 41.5 Å². The van der Waals surface area contributed by atoms with Crippen molar-refractivity contribution in [3.8, 4) is 62.9 Å². The van der Waals surface area contributed by atoms with Crippen LogP contribution in [0.2, 0.25) is 0 Å². The Hall–Kier alpha value is -11.1. The SMILES string of the molecule is c1ccc(-c2nc(-c3ccc(-c4nc(-c5cccc([Si](c6ccccc6)(c6ccccc6)c6ccccc6)c5)nc(-n5c6ccccc6c6ccccc65)n4)cc3)nc(-c3cccc([Si](c4ccccc4)(c4ccccc4)c4ccccc4)c3)n2)cc1. The molecule has 9 heteroatoms. The van der Waals surface area contributed by atoms with Crippen LogP contribution in [0.5, 0.6) is 0 Å². The van der Waals surface area contributed by atoms with E-state index in [0.717, 1.165) is 49.6 Å². The molecule has 3 aromatic heterocycles. The highest BCUT2D eigenvalue weighted by atomic mass is 28.3. The molecule has 410 valence electrons. The number of fused-ring (bicyclic) bond motifs is 3. The number of aromatic nitrogens is 7. The smallest absolute Gasteiger partial charge is 0.238 e. The van der Waals surface area contributed by atoms with Gasteiger partial charge in [-0.3, -0.25) is 4.57 Å². The number of benzene rings is 12. The van der Waals surface area contributed by atoms with Crippen molar-refractivity contribution in [3.05, 3.63) is 334 Å². The van der Waals surface area contributed by atoms with Gasteiger partial charge in [0.25, 0.3) is 0 Å². The standard InChI is InChI=1S/C78H55N7Si2/c1-8-28-56(29-9-1)73-79-74(81-76(80-73)59-30-26-44-67(54-59)86(61-32-10-2-11-33-61,62-34-12-3-13-35-62)63-36-14-4-15-37-63)57-50-52-58(53-51-57)75-82-77(84-78(83-75)85-71-48-24-22-46-69(71)70-47-23-25-49-72(70)85)60-31-27-45-68(55-60)87(64-38-16-5-17-39-64,65-40-18-6-19-41-65)66-42-20-7-21-43-66/h1-55H. The molecule has 0 saturated heterocycles. The zero-order valence-corrected chi connectivity index (χ0v) is 49.4.